The molecule has 0 atom stereocenters. The highest BCUT2D eigenvalue weighted by Crippen LogP contribution is 2.23. The predicted molar refractivity (Wildman–Crippen MR) is 106 cm³/mol. The Bertz CT molecular complexity index is 939. The zero-order chi connectivity index (χ0) is 21.1. The summed E-state index contributed by atoms with van der Waals surface area (Å²) in [6, 6.07) is 4.63. The molecule has 1 aromatic heterocycles. The van der Waals surface area contributed by atoms with Gasteiger partial charge in [-0.25, -0.2) is 4.39 Å². The Morgan fingerprint density at radius 2 is 2.17 bits per heavy atom. The second-order valence-corrected chi connectivity index (χ2v) is 7.60. The highest BCUT2D eigenvalue weighted by atomic mass is 19.1. The van der Waals surface area contributed by atoms with Crippen molar-refractivity contribution in [1.29, 1.82) is 0 Å². The van der Waals surface area contributed by atoms with Gasteiger partial charge in [-0.15, -0.1) is 0 Å². The topological polar surface area (TPSA) is 96.6 Å². The summed E-state index contributed by atoms with van der Waals surface area (Å²) < 4.78 is 24.1. The largest absolute Gasteiger partial charge is 0.494 e. The van der Waals surface area contributed by atoms with Crippen LogP contribution in [0.25, 0.3) is 0 Å². The van der Waals surface area contributed by atoms with Crippen molar-refractivity contribution in [3.8, 4) is 5.75 Å². The number of nitrogens with zero attached hydrogens (tertiary/aromatic N) is 2. The van der Waals surface area contributed by atoms with Crippen LogP contribution in [0, 0.1) is 5.82 Å². The van der Waals surface area contributed by atoms with Gasteiger partial charge in [0, 0.05) is 31.4 Å². The van der Waals surface area contributed by atoms with Crippen molar-refractivity contribution >= 4 is 11.8 Å². The van der Waals surface area contributed by atoms with E-state index in [1.807, 2.05) is 0 Å². The molecule has 1 saturated heterocycles. The third-order valence-electron chi connectivity index (χ3n) is 5.63. The molecular formula is C21H25FN4O4. The maximum absolute atomic E-state index is 13.9. The van der Waals surface area contributed by atoms with Gasteiger partial charge in [-0.05, 0) is 37.0 Å². The summed E-state index contributed by atoms with van der Waals surface area (Å²) in [5, 5.41) is 10.1. The average molecular weight is 416 g/mol. The van der Waals surface area contributed by atoms with Crippen molar-refractivity contribution in [3.63, 3.8) is 0 Å². The predicted octanol–water partition coefficient (Wildman–Crippen LogP) is 1.59. The lowest BCUT2D eigenvalue weighted by Gasteiger charge is -2.27. The molecule has 0 unspecified atom stereocenters. The van der Waals surface area contributed by atoms with Gasteiger partial charge in [0.15, 0.2) is 17.3 Å². The minimum Gasteiger partial charge on any atom is -0.494 e. The van der Waals surface area contributed by atoms with Gasteiger partial charge in [-0.2, -0.15) is 5.10 Å². The van der Waals surface area contributed by atoms with Crippen molar-refractivity contribution in [1.82, 2.24) is 20.4 Å². The van der Waals surface area contributed by atoms with Gasteiger partial charge in [0.25, 0.3) is 5.91 Å². The molecule has 3 heterocycles. The number of halogens is 1. The van der Waals surface area contributed by atoms with E-state index in [1.54, 1.807) is 11.0 Å². The monoisotopic (exact) mass is 416 g/mol. The number of carbonyl (C=O) groups excluding carboxylic acids is 2. The summed E-state index contributed by atoms with van der Waals surface area (Å²) in [6.07, 6.45) is 2.24. The minimum atomic E-state index is -0.488. The summed E-state index contributed by atoms with van der Waals surface area (Å²) in [5.74, 6) is -0.628. The number of hydrogen-bond acceptors (Lipinski definition) is 5. The Morgan fingerprint density at radius 3 is 2.90 bits per heavy atom. The molecule has 160 valence electrons. The van der Waals surface area contributed by atoms with Crippen molar-refractivity contribution in [2.75, 3.05) is 26.9 Å². The molecule has 0 aliphatic carbocycles. The Kier molecular flexibility index (Phi) is 5.98. The van der Waals surface area contributed by atoms with Gasteiger partial charge < -0.3 is 19.7 Å². The van der Waals surface area contributed by atoms with Crippen LogP contribution in [0.15, 0.2) is 18.2 Å². The van der Waals surface area contributed by atoms with Crippen LogP contribution in [-0.4, -0.2) is 59.8 Å². The quantitative estimate of drug-likeness (QED) is 0.772. The fourth-order valence-electron chi connectivity index (χ4n) is 3.92. The van der Waals surface area contributed by atoms with Gasteiger partial charge in [-0.1, -0.05) is 6.07 Å². The molecule has 1 aromatic carbocycles. The van der Waals surface area contributed by atoms with Gasteiger partial charge in [0.2, 0.25) is 5.91 Å². The van der Waals surface area contributed by atoms with E-state index in [0.29, 0.717) is 44.0 Å². The van der Waals surface area contributed by atoms with Crippen molar-refractivity contribution in [2.45, 2.75) is 38.3 Å². The van der Waals surface area contributed by atoms with Crippen molar-refractivity contribution in [2.24, 2.45) is 0 Å². The van der Waals surface area contributed by atoms with Crippen molar-refractivity contribution < 1.29 is 23.5 Å². The lowest BCUT2D eigenvalue weighted by molar-refractivity contribution is -0.131. The highest BCUT2D eigenvalue weighted by Gasteiger charge is 2.28. The number of nitrogens with one attached hydrogen (secondary N) is 2. The second-order valence-electron chi connectivity index (χ2n) is 7.60. The van der Waals surface area contributed by atoms with E-state index in [4.69, 9.17) is 9.47 Å². The van der Waals surface area contributed by atoms with E-state index in [1.165, 1.54) is 19.2 Å². The van der Waals surface area contributed by atoms with Gasteiger partial charge >= 0.3 is 0 Å². The molecule has 0 radical (unpaired) electrons. The van der Waals surface area contributed by atoms with E-state index in [2.05, 4.69) is 15.5 Å². The maximum Gasteiger partial charge on any atom is 0.272 e. The first-order valence-corrected chi connectivity index (χ1v) is 10.1. The van der Waals surface area contributed by atoms with Gasteiger partial charge in [0.05, 0.1) is 25.8 Å². The van der Waals surface area contributed by atoms with Crippen LogP contribution in [0.1, 0.15) is 40.2 Å². The summed E-state index contributed by atoms with van der Waals surface area (Å²) in [5.41, 5.74) is 2.62. The molecule has 8 nitrogen and oxygen atoms in total. The summed E-state index contributed by atoms with van der Waals surface area (Å²) in [6.45, 7) is 2.14. The standard InChI is InChI=1S/C21H25FN4O4/c1-29-18-3-2-13(10-16(18)22)11-19(27)26-7-4-15-17(12-26)24-25-20(15)21(28)23-14-5-8-30-9-6-14/h2-3,10,14H,4-9,11-12H2,1H3,(H,23,28)(H,24,25). The molecule has 2 aromatic rings. The van der Waals surface area contributed by atoms with Crippen LogP contribution < -0.4 is 10.1 Å². The minimum absolute atomic E-state index is 0.0987. The van der Waals surface area contributed by atoms with Crippen LogP contribution >= 0.6 is 0 Å². The number of ether oxygens (including phenoxy) is 2. The molecule has 2 aliphatic rings. The fraction of sp³-hybridized carbons (Fsp3) is 0.476. The lowest BCUT2D eigenvalue weighted by Crippen LogP contribution is -2.40. The number of benzene rings is 1. The number of methoxy groups -OCH3 is 1. The Morgan fingerprint density at radius 1 is 1.37 bits per heavy atom. The highest BCUT2D eigenvalue weighted by molar-refractivity contribution is 5.94. The number of aromatic nitrogens is 2. The van der Waals surface area contributed by atoms with E-state index >= 15 is 0 Å². The molecule has 0 spiro atoms. The number of amides is 2. The summed E-state index contributed by atoms with van der Waals surface area (Å²) in [7, 11) is 1.40. The van der Waals surface area contributed by atoms with E-state index in [-0.39, 0.29) is 30.0 Å². The van der Waals surface area contributed by atoms with Crippen LogP contribution in [0.4, 0.5) is 4.39 Å². The molecule has 0 bridgehead atoms. The number of carbonyl (C=O) groups is 2. The molecule has 9 heteroatoms. The van der Waals surface area contributed by atoms with E-state index in [9.17, 15) is 14.0 Å². The molecule has 4 rings (SSSR count). The first-order chi connectivity index (χ1) is 14.5. The Hall–Kier alpha value is -2.94. The number of hydrogen-bond donors (Lipinski definition) is 2. The molecule has 2 N–H and O–H groups in total. The maximum atomic E-state index is 13.9. The van der Waals surface area contributed by atoms with E-state index in [0.717, 1.165) is 24.1 Å². The summed E-state index contributed by atoms with van der Waals surface area (Å²) in [4.78, 5) is 27.0. The normalized spacial score (nSPS) is 16.8. The van der Waals surface area contributed by atoms with Crippen LogP contribution in [-0.2, 0) is 28.9 Å². The third kappa shape index (κ3) is 4.30. The van der Waals surface area contributed by atoms with Gasteiger partial charge in [-0.3, -0.25) is 14.7 Å². The number of rotatable bonds is 5. The molecular weight excluding hydrogens is 391 g/mol. The van der Waals surface area contributed by atoms with Crippen LogP contribution in [0.2, 0.25) is 0 Å². The molecule has 2 aliphatic heterocycles. The average Bonchev–Trinajstić information content (AvgIpc) is 3.18. The number of aromatic amines is 1. The Balaban J connectivity index is 1.38. The van der Waals surface area contributed by atoms with E-state index < -0.39 is 5.82 Å². The SMILES string of the molecule is COc1ccc(CC(=O)N2CCc3c(C(=O)NC4CCOCC4)n[nH]c3C2)cc1F. The fourth-order valence-corrected chi connectivity index (χ4v) is 3.92. The van der Waals surface area contributed by atoms with Crippen LogP contribution in [0.5, 0.6) is 5.75 Å². The van der Waals surface area contributed by atoms with Gasteiger partial charge in [0.1, 0.15) is 0 Å². The molecule has 1 fully saturated rings. The Labute approximate surface area is 173 Å². The number of fused-ring (bicyclic) bond motifs is 1. The van der Waals surface area contributed by atoms with Crippen LogP contribution in [0.3, 0.4) is 0 Å². The molecule has 2 amide bonds. The molecule has 0 saturated carbocycles. The first-order valence-electron chi connectivity index (χ1n) is 10.1. The third-order valence-corrected chi connectivity index (χ3v) is 5.63. The smallest absolute Gasteiger partial charge is 0.272 e. The zero-order valence-corrected chi connectivity index (χ0v) is 16.9. The molecule has 30 heavy (non-hydrogen) atoms. The van der Waals surface area contributed by atoms with Crippen molar-refractivity contribution in [3.05, 3.63) is 46.5 Å². The lowest BCUT2D eigenvalue weighted by atomic mass is 10.0. The number of H-pyrrole nitrogens is 1. The first kappa shape index (κ1) is 20.3. The summed E-state index contributed by atoms with van der Waals surface area (Å²) >= 11 is 0. The second kappa shape index (κ2) is 8.83. The zero-order valence-electron chi connectivity index (χ0n) is 16.9.